The topological polar surface area (TPSA) is 12.0 Å². The first-order valence-electron chi connectivity index (χ1n) is 8.49. The highest BCUT2D eigenvalue weighted by molar-refractivity contribution is 7.79. The molecule has 0 rings (SSSR count). The van der Waals surface area contributed by atoms with Gasteiger partial charge in [-0.05, 0) is 75.1 Å². The van der Waals surface area contributed by atoms with Crippen LogP contribution >= 0.6 is 12.2 Å². The van der Waals surface area contributed by atoms with Gasteiger partial charge in [-0.1, -0.05) is 57.1 Å². The molecular formula is C21H33NS. The standard InChI is InChI=1S/C21H33NS/c1-8-10-16(3)15-22-21(18(5)11-9-2)20(7)14-19(6)17(4)12-13-23/h12-15,22H,5,8-11H2,1-4,6-7H3/b16-15+,17-12?,19-14?,21-20?. The van der Waals surface area contributed by atoms with Gasteiger partial charge in [0.05, 0.1) is 0 Å². The quantitative estimate of drug-likeness (QED) is 0.268. The maximum atomic E-state index is 4.91. The molecule has 0 aromatic carbocycles. The fraction of sp³-hybridized carbons (Fsp3) is 0.476. The monoisotopic (exact) mass is 331 g/mol. The Morgan fingerprint density at radius 1 is 1.00 bits per heavy atom. The molecule has 0 fully saturated rings. The maximum Gasteiger partial charge on any atom is 0.0436 e. The van der Waals surface area contributed by atoms with Crippen molar-refractivity contribution in [2.75, 3.05) is 0 Å². The van der Waals surface area contributed by atoms with Crippen LogP contribution in [-0.2, 0) is 0 Å². The largest absolute Gasteiger partial charge is 0.361 e. The summed E-state index contributed by atoms with van der Waals surface area (Å²) in [5.74, 6) is 0. The van der Waals surface area contributed by atoms with Crippen molar-refractivity contribution >= 4 is 17.6 Å². The normalized spacial score (nSPS) is 14.4. The maximum absolute atomic E-state index is 4.91. The molecule has 0 aliphatic heterocycles. The van der Waals surface area contributed by atoms with Crippen LogP contribution in [0, 0.1) is 0 Å². The molecule has 128 valence electrons. The van der Waals surface area contributed by atoms with Gasteiger partial charge < -0.3 is 5.32 Å². The summed E-state index contributed by atoms with van der Waals surface area (Å²) in [6.45, 7) is 17.2. The second kappa shape index (κ2) is 12.1. The average molecular weight is 332 g/mol. The Morgan fingerprint density at radius 2 is 1.61 bits per heavy atom. The van der Waals surface area contributed by atoms with Crippen molar-refractivity contribution < 1.29 is 0 Å². The Balaban J connectivity index is 5.58. The summed E-state index contributed by atoms with van der Waals surface area (Å²) in [6.07, 6.45) is 10.7. The predicted octanol–water partition coefficient (Wildman–Crippen LogP) is 6.80. The molecule has 1 nitrogen and oxygen atoms in total. The van der Waals surface area contributed by atoms with Gasteiger partial charge >= 0.3 is 0 Å². The molecule has 0 saturated carbocycles. The molecular weight excluding hydrogens is 298 g/mol. The number of rotatable bonds is 10. The zero-order valence-corrected chi connectivity index (χ0v) is 16.6. The molecule has 2 heteroatoms. The van der Waals surface area contributed by atoms with Crippen molar-refractivity contribution in [1.82, 2.24) is 5.32 Å². The SMILES string of the molecule is C=C(CCC)C(N/C=C(\C)CCC)=C(C)C=C(C)C(C)=CC=S. The van der Waals surface area contributed by atoms with E-state index in [9.17, 15) is 0 Å². The third kappa shape index (κ3) is 8.71. The first-order chi connectivity index (χ1) is 10.9. The smallest absolute Gasteiger partial charge is 0.0436 e. The molecule has 23 heavy (non-hydrogen) atoms. The van der Waals surface area contributed by atoms with Crippen LogP contribution in [0.3, 0.4) is 0 Å². The molecule has 0 aliphatic rings. The summed E-state index contributed by atoms with van der Waals surface area (Å²) < 4.78 is 0. The molecule has 1 N–H and O–H groups in total. The molecule has 0 aromatic heterocycles. The summed E-state index contributed by atoms with van der Waals surface area (Å²) in [4.78, 5) is 0. The molecule has 0 atom stereocenters. The summed E-state index contributed by atoms with van der Waals surface area (Å²) in [7, 11) is 0. The van der Waals surface area contributed by atoms with E-state index in [1.54, 1.807) is 5.37 Å². The highest BCUT2D eigenvalue weighted by atomic mass is 32.1. The van der Waals surface area contributed by atoms with Gasteiger partial charge in [0.2, 0.25) is 0 Å². The lowest BCUT2D eigenvalue weighted by Crippen LogP contribution is -2.10. The molecule has 0 unspecified atom stereocenters. The van der Waals surface area contributed by atoms with Gasteiger partial charge in [-0.25, -0.2) is 0 Å². The molecule has 0 heterocycles. The molecule has 0 aliphatic carbocycles. The highest BCUT2D eigenvalue weighted by Gasteiger charge is 2.05. The second-order valence-corrected chi connectivity index (χ2v) is 6.38. The van der Waals surface area contributed by atoms with Crippen molar-refractivity contribution in [2.24, 2.45) is 0 Å². The van der Waals surface area contributed by atoms with Gasteiger partial charge in [-0.15, -0.1) is 0 Å². The summed E-state index contributed by atoms with van der Waals surface area (Å²) in [5.41, 5.74) is 7.28. The lowest BCUT2D eigenvalue weighted by molar-refractivity contribution is 0.860. The first-order valence-corrected chi connectivity index (χ1v) is 8.96. The van der Waals surface area contributed by atoms with Crippen LogP contribution in [0.1, 0.15) is 67.2 Å². The minimum atomic E-state index is 1.00. The summed E-state index contributed by atoms with van der Waals surface area (Å²) >= 11 is 4.91. The van der Waals surface area contributed by atoms with Crippen molar-refractivity contribution in [3.8, 4) is 0 Å². The lowest BCUT2D eigenvalue weighted by atomic mass is 10.0. The Bertz CT molecular complexity index is 530. The molecule has 0 amide bonds. The van der Waals surface area contributed by atoms with Crippen LogP contribution in [-0.4, -0.2) is 5.37 Å². The zero-order valence-electron chi connectivity index (χ0n) is 15.8. The minimum Gasteiger partial charge on any atom is -0.361 e. The van der Waals surface area contributed by atoms with Crippen LogP contribution in [0.2, 0.25) is 0 Å². The summed E-state index contributed by atoms with van der Waals surface area (Å²) in [5, 5.41) is 5.16. The second-order valence-electron chi connectivity index (χ2n) is 6.11. The van der Waals surface area contributed by atoms with E-state index in [4.69, 9.17) is 12.2 Å². The minimum absolute atomic E-state index is 1.00. The number of allylic oxidation sites excluding steroid dienone is 7. The lowest BCUT2D eigenvalue weighted by Gasteiger charge is -2.15. The molecule has 0 radical (unpaired) electrons. The van der Waals surface area contributed by atoms with Crippen LogP contribution in [0.25, 0.3) is 0 Å². The number of nitrogens with one attached hydrogen (secondary N) is 1. The third-order valence-electron chi connectivity index (χ3n) is 3.78. The number of hydrogen-bond donors (Lipinski definition) is 1. The average Bonchev–Trinajstić information content (AvgIpc) is 2.48. The highest BCUT2D eigenvalue weighted by Crippen LogP contribution is 2.20. The Morgan fingerprint density at radius 3 is 2.13 bits per heavy atom. The van der Waals surface area contributed by atoms with E-state index in [-0.39, 0.29) is 0 Å². The van der Waals surface area contributed by atoms with Gasteiger partial charge in [-0.3, -0.25) is 0 Å². The van der Waals surface area contributed by atoms with E-state index in [2.05, 4.69) is 65.7 Å². The van der Waals surface area contributed by atoms with E-state index in [1.165, 1.54) is 28.7 Å². The molecule has 0 bridgehead atoms. The van der Waals surface area contributed by atoms with E-state index < -0.39 is 0 Å². The Hall–Kier alpha value is -1.41. The number of thiocarbonyl (C=S) groups is 1. The van der Waals surface area contributed by atoms with Gasteiger partial charge in [0.15, 0.2) is 0 Å². The van der Waals surface area contributed by atoms with Crippen molar-refractivity contribution in [2.45, 2.75) is 67.2 Å². The third-order valence-corrected chi connectivity index (χ3v) is 3.92. The van der Waals surface area contributed by atoms with Crippen LogP contribution < -0.4 is 5.32 Å². The van der Waals surface area contributed by atoms with Crippen LogP contribution in [0.4, 0.5) is 0 Å². The fourth-order valence-corrected chi connectivity index (χ4v) is 2.53. The zero-order chi connectivity index (χ0) is 17.8. The van der Waals surface area contributed by atoms with Crippen LogP contribution in [0.5, 0.6) is 0 Å². The summed E-state index contributed by atoms with van der Waals surface area (Å²) in [6, 6.07) is 0. The Kier molecular flexibility index (Phi) is 11.3. The van der Waals surface area contributed by atoms with Gasteiger partial charge in [0, 0.05) is 11.1 Å². The van der Waals surface area contributed by atoms with E-state index in [0.717, 1.165) is 30.5 Å². The van der Waals surface area contributed by atoms with Crippen LogP contribution in [0.15, 0.2) is 58.5 Å². The van der Waals surface area contributed by atoms with Gasteiger partial charge in [-0.2, -0.15) is 0 Å². The number of hydrogen-bond acceptors (Lipinski definition) is 2. The molecule has 0 aromatic rings. The van der Waals surface area contributed by atoms with E-state index in [0.29, 0.717) is 0 Å². The molecule has 0 spiro atoms. The van der Waals surface area contributed by atoms with Crippen molar-refractivity contribution in [3.05, 3.63) is 58.5 Å². The predicted molar refractivity (Wildman–Crippen MR) is 110 cm³/mol. The van der Waals surface area contributed by atoms with Crippen molar-refractivity contribution in [1.29, 1.82) is 0 Å². The van der Waals surface area contributed by atoms with Crippen molar-refractivity contribution in [3.63, 3.8) is 0 Å². The first kappa shape index (κ1) is 21.6. The van der Waals surface area contributed by atoms with Gasteiger partial charge in [0.25, 0.3) is 0 Å². The molecule has 0 saturated heterocycles. The van der Waals surface area contributed by atoms with E-state index >= 15 is 0 Å². The van der Waals surface area contributed by atoms with Gasteiger partial charge in [0.1, 0.15) is 0 Å². The Labute approximate surface area is 148 Å². The fourth-order valence-electron chi connectivity index (χ4n) is 2.33. The van der Waals surface area contributed by atoms with E-state index in [1.807, 2.05) is 6.08 Å².